The Balaban J connectivity index is 1.95. The van der Waals surface area contributed by atoms with Crippen molar-refractivity contribution in [3.05, 3.63) is 12.2 Å². The average Bonchev–Trinajstić information content (AvgIpc) is 2.66. The van der Waals surface area contributed by atoms with Gasteiger partial charge in [0.25, 0.3) is 0 Å². The van der Waals surface area contributed by atoms with Gasteiger partial charge < -0.3 is 10.1 Å². The van der Waals surface area contributed by atoms with Crippen molar-refractivity contribution in [3.8, 4) is 0 Å². The van der Waals surface area contributed by atoms with Crippen molar-refractivity contribution in [2.24, 2.45) is 10.9 Å². The normalized spacial score (nSPS) is 46.0. The van der Waals surface area contributed by atoms with Gasteiger partial charge in [0.2, 0.25) is 5.91 Å². The number of carbonyl (C=O) groups excluding carboxylic acids is 1. The van der Waals surface area contributed by atoms with Gasteiger partial charge in [0.1, 0.15) is 0 Å². The number of nitrogens with zero attached hydrogens (tertiary/aromatic N) is 1. The molecule has 13 heavy (non-hydrogen) atoms. The van der Waals surface area contributed by atoms with Crippen LogP contribution in [0.3, 0.4) is 0 Å². The van der Waals surface area contributed by atoms with Crippen molar-refractivity contribution in [2.75, 3.05) is 6.54 Å². The van der Waals surface area contributed by atoms with Crippen molar-refractivity contribution < 1.29 is 9.53 Å². The van der Waals surface area contributed by atoms with E-state index in [4.69, 9.17) is 4.74 Å². The van der Waals surface area contributed by atoms with Crippen molar-refractivity contribution in [2.45, 2.75) is 18.2 Å². The second-order valence-electron chi connectivity index (χ2n) is 3.58. The Hall–Kier alpha value is -1.16. The van der Waals surface area contributed by atoms with E-state index >= 15 is 0 Å². The van der Waals surface area contributed by atoms with Gasteiger partial charge in [0, 0.05) is 12.8 Å². The van der Waals surface area contributed by atoms with Gasteiger partial charge in [-0.05, 0) is 6.08 Å². The van der Waals surface area contributed by atoms with Crippen LogP contribution < -0.4 is 5.32 Å². The molecule has 4 unspecified atom stereocenters. The Morgan fingerprint density at radius 2 is 2.54 bits per heavy atom. The summed E-state index contributed by atoms with van der Waals surface area (Å²) in [7, 11) is 0. The van der Waals surface area contributed by atoms with E-state index in [1.807, 2.05) is 12.2 Å². The van der Waals surface area contributed by atoms with E-state index in [0.29, 0.717) is 6.54 Å². The van der Waals surface area contributed by atoms with Crippen molar-refractivity contribution in [3.63, 3.8) is 0 Å². The number of rotatable bonds is 0. The molecule has 2 fully saturated rings. The van der Waals surface area contributed by atoms with Gasteiger partial charge in [-0.15, -0.1) is 0 Å². The van der Waals surface area contributed by atoms with Crippen LogP contribution in [-0.2, 0) is 9.53 Å². The van der Waals surface area contributed by atoms with Gasteiger partial charge in [-0.25, -0.2) is 0 Å². The number of fused-ring (bicyclic) bond motifs is 3. The number of nitrogens with one attached hydrogen (secondary N) is 1. The Labute approximate surface area is 75.7 Å². The minimum atomic E-state index is -0.0637. The highest BCUT2D eigenvalue weighted by Crippen LogP contribution is 2.34. The molecule has 0 radical (unpaired) electrons. The maximum atomic E-state index is 11.4. The lowest BCUT2D eigenvalue weighted by atomic mass is 9.95. The summed E-state index contributed by atoms with van der Waals surface area (Å²) in [5.41, 5.74) is 0. The lowest BCUT2D eigenvalue weighted by Gasteiger charge is -2.16. The molecule has 3 rings (SSSR count). The van der Waals surface area contributed by atoms with Crippen molar-refractivity contribution >= 4 is 12.1 Å². The molecule has 0 aromatic carbocycles. The van der Waals surface area contributed by atoms with Gasteiger partial charge in [-0.1, -0.05) is 6.08 Å². The highest BCUT2D eigenvalue weighted by molar-refractivity contribution is 5.84. The first-order chi connectivity index (χ1) is 6.36. The van der Waals surface area contributed by atoms with E-state index in [1.54, 1.807) is 6.21 Å². The minimum Gasteiger partial charge on any atom is -0.366 e. The van der Waals surface area contributed by atoms with E-state index in [2.05, 4.69) is 10.3 Å². The van der Waals surface area contributed by atoms with Crippen molar-refractivity contribution in [1.29, 1.82) is 0 Å². The zero-order valence-electron chi connectivity index (χ0n) is 7.01. The van der Waals surface area contributed by atoms with Crippen LogP contribution in [0, 0.1) is 5.92 Å². The minimum absolute atomic E-state index is 0.0116. The van der Waals surface area contributed by atoms with Gasteiger partial charge in [0.15, 0.2) is 0 Å². The second kappa shape index (κ2) is 2.42. The SMILES string of the molecule is O=C1NCC2OC3C=CC=NC3C12. The van der Waals surface area contributed by atoms with Gasteiger partial charge in [-0.3, -0.25) is 9.79 Å². The third-order valence-electron chi connectivity index (χ3n) is 2.86. The molecule has 0 saturated carbocycles. The Kier molecular flexibility index (Phi) is 1.35. The summed E-state index contributed by atoms with van der Waals surface area (Å²) in [5.74, 6) is 0.0242. The molecule has 4 nitrogen and oxygen atoms in total. The molecule has 0 aromatic heterocycles. The van der Waals surface area contributed by atoms with Crippen LogP contribution >= 0.6 is 0 Å². The van der Waals surface area contributed by atoms with Crippen LogP contribution in [0.25, 0.3) is 0 Å². The molecule has 1 amide bonds. The molecule has 0 aromatic rings. The fourth-order valence-electron chi connectivity index (χ4n) is 2.25. The van der Waals surface area contributed by atoms with E-state index < -0.39 is 0 Å². The average molecular weight is 178 g/mol. The summed E-state index contributed by atoms with van der Waals surface area (Å²) in [6.45, 7) is 0.639. The summed E-state index contributed by atoms with van der Waals surface area (Å²) >= 11 is 0. The lowest BCUT2D eigenvalue weighted by Crippen LogP contribution is -2.32. The number of dihydropyridines is 1. The molecule has 2 saturated heterocycles. The molecule has 0 aliphatic carbocycles. The number of ether oxygens (including phenoxy) is 1. The van der Waals surface area contributed by atoms with E-state index in [-0.39, 0.29) is 30.1 Å². The summed E-state index contributed by atoms with van der Waals surface area (Å²) in [6, 6.07) is 0.0116. The van der Waals surface area contributed by atoms with Crippen LogP contribution in [-0.4, -0.2) is 36.9 Å². The maximum Gasteiger partial charge on any atom is 0.228 e. The quantitative estimate of drug-likeness (QED) is 0.544. The largest absolute Gasteiger partial charge is 0.366 e. The standard InChI is InChI=1S/C9H10N2O2/c12-9-7-6(4-11-9)13-5-2-1-3-10-8(5)7/h1-3,5-8H,4H2,(H,11,12). The van der Waals surface area contributed by atoms with Gasteiger partial charge in [-0.2, -0.15) is 0 Å². The summed E-state index contributed by atoms with van der Waals surface area (Å²) in [6.07, 6.45) is 5.65. The van der Waals surface area contributed by atoms with Crippen molar-refractivity contribution in [1.82, 2.24) is 5.32 Å². The third kappa shape index (κ3) is 0.891. The summed E-state index contributed by atoms with van der Waals surface area (Å²) < 4.78 is 5.68. The van der Waals surface area contributed by atoms with Gasteiger partial charge >= 0.3 is 0 Å². The van der Waals surface area contributed by atoms with Crippen LogP contribution in [0.1, 0.15) is 0 Å². The number of hydrogen-bond acceptors (Lipinski definition) is 3. The van der Waals surface area contributed by atoms with Crippen LogP contribution in [0.4, 0.5) is 0 Å². The van der Waals surface area contributed by atoms with Crippen LogP contribution in [0.15, 0.2) is 17.1 Å². The molecular formula is C9H10N2O2. The first-order valence-electron chi connectivity index (χ1n) is 4.49. The van der Waals surface area contributed by atoms with E-state index in [1.165, 1.54) is 0 Å². The first kappa shape index (κ1) is 7.26. The highest BCUT2D eigenvalue weighted by atomic mass is 16.5. The third-order valence-corrected chi connectivity index (χ3v) is 2.86. The molecule has 0 bridgehead atoms. The molecule has 3 aliphatic heterocycles. The molecule has 68 valence electrons. The zero-order chi connectivity index (χ0) is 8.84. The smallest absolute Gasteiger partial charge is 0.228 e. The Morgan fingerprint density at radius 1 is 1.62 bits per heavy atom. The summed E-state index contributed by atoms with van der Waals surface area (Å²) in [4.78, 5) is 15.7. The summed E-state index contributed by atoms with van der Waals surface area (Å²) in [5, 5.41) is 2.79. The Bertz CT molecular complexity index is 311. The number of allylic oxidation sites excluding steroid dienone is 1. The topological polar surface area (TPSA) is 50.7 Å². The van der Waals surface area contributed by atoms with Gasteiger partial charge in [0.05, 0.1) is 24.2 Å². The highest BCUT2D eigenvalue weighted by Gasteiger charge is 2.51. The van der Waals surface area contributed by atoms with Crippen LogP contribution in [0.2, 0.25) is 0 Å². The van der Waals surface area contributed by atoms with E-state index in [9.17, 15) is 4.79 Å². The molecular weight excluding hydrogens is 168 g/mol. The molecule has 4 heteroatoms. The van der Waals surface area contributed by atoms with E-state index in [0.717, 1.165) is 0 Å². The predicted octanol–water partition coefficient (Wildman–Crippen LogP) is -0.491. The number of carbonyl (C=O) groups is 1. The number of aliphatic imine (C=N–C) groups is 1. The maximum absolute atomic E-state index is 11.4. The molecule has 1 N–H and O–H groups in total. The second-order valence-corrected chi connectivity index (χ2v) is 3.58. The number of amides is 1. The fraction of sp³-hybridized carbons (Fsp3) is 0.556. The Morgan fingerprint density at radius 3 is 3.46 bits per heavy atom. The number of hydrogen-bond donors (Lipinski definition) is 1. The van der Waals surface area contributed by atoms with Crippen LogP contribution in [0.5, 0.6) is 0 Å². The molecule has 4 atom stereocenters. The predicted molar refractivity (Wildman–Crippen MR) is 46.6 cm³/mol. The zero-order valence-corrected chi connectivity index (χ0v) is 7.01. The molecule has 0 spiro atoms. The molecule has 3 aliphatic rings. The first-order valence-corrected chi connectivity index (χ1v) is 4.49. The molecule has 3 heterocycles. The monoisotopic (exact) mass is 178 g/mol. The lowest BCUT2D eigenvalue weighted by molar-refractivity contribution is -0.122. The fourth-order valence-corrected chi connectivity index (χ4v) is 2.25.